The number of hydrogen-bond acceptors (Lipinski definition) is 6. The normalized spacial score (nSPS) is 26.8. The molecule has 4 rings (SSSR count). The largest absolute Gasteiger partial charge is 0.490 e. The van der Waals surface area contributed by atoms with Crippen LogP contribution in [0.1, 0.15) is 30.8 Å². The van der Waals surface area contributed by atoms with Crippen LogP contribution in [0.5, 0.6) is 0 Å². The van der Waals surface area contributed by atoms with Crippen molar-refractivity contribution in [2.75, 3.05) is 32.8 Å². The maximum Gasteiger partial charge on any atom is 0.490 e. The van der Waals surface area contributed by atoms with Crippen molar-refractivity contribution in [2.24, 2.45) is 5.41 Å². The summed E-state index contributed by atoms with van der Waals surface area (Å²) in [4.78, 5) is 29.8. The third kappa shape index (κ3) is 4.96. The lowest BCUT2D eigenvalue weighted by Crippen LogP contribution is -2.57. The highest BCUT2D eigenvalue weighted by Crippen LogP contribution is 2.43. The zero-order chi connectivity index (χ0) is 21.9. The fraction of sp³-hybridized carbons (Fsp3) is 0.684. The van der Waals surface area contributed by atoms with Crippen LogP contribution in [-0.4, -0.2) is 72.1 Å². The number of ether oxygens (including phenoxy) is 1. The first-order chi connectivity index (χ1) is 14.1. The van der Waals surface area contributed by atoms with E-state index in [2.05, 4.69) is 4.90 Å². The molecule has 1 aromatic rings. The molecule has 3 fully saturated rings. The number of aliphatic carboxylic acids is 1. The number of furan rings is 1. The Morgan fingerprint density at radius 2 is 2.00 bits per heavy atom. The number of hydrogen-bond donors (Lipinski definition) is 1. The van der Waals surface area contributed by atoms with Crippen molar-refractivity contribution in [3.63, 3.8) is 0 Å². The molecule has 0 radical (unpaired) electrons. The van der Waals surface area contributed by atoms with E-state index in [9.17, 15) is 18.0 Å². The molecule has 3 saturated heterocycles. The number of alkyl halides is 3. The molecule has 0 spiro atoms. The van der Waals surface area contributed by atoms with Gasteiger partial charge < -0.3 is 14.3 Å². The van der Waals surface area contributed by atoms with Gasteiger partial charge in [0.25, 0.3) is 5.91 Å². The topological polar surface area (TPSA) is 92.5 Å². The first-order valence-electron chi connectivity index (χ1n) is 9.76. The number of carboxylic acids is 1. The molecule has 2 atom stereocenters. The number of fused-ring (bicyclic) bond motifs is 1. The second-order valence-electron chi connectivity index (χ2n) is 7.67. The number of piperidine rings is 1. The predicted molar refractivity (Wildman–Crippen MR) is 96.1 cm³/mol. The molecule has 11 heteroatoms. The van der Waals surface area contributed by atoms with Gasteiger partial charge in [0.2, 0.25) is 0 Å². The Bertz CT molecular complexity index is 762. The van der Waals surface area contributed by atoms with E-state index in [-0.39, 0.29) is 12.0 Å². The summed E-state index contributed by atoms with van der Waals surface area (Å²) >= 11 is 0. The van der Waals surface area contributed by atoms with Crippen LogP contribution in [0.2, 0.25) is 0 Å². The molecule has 30 heavy (non-hydrogen) atoms. The first-order valence-corrected chi connectivity index (χ1v) is 9.76. The first kappa shape index (κ1) is 22.6. The second-order valence-corrected chi connectivity index (χ2v) is 7.67. The van der Waals surface area contributed by atoms with E-state index >= 15 is 0 Å². The number of amides is 1. The number of carbonyl (C=O) groups excluding carboxylic acids is 1. The third-order valence-electron chi connectivity index (χ3n) is 5.52. The van der Waals surface area contributed by atoms with Crippen LogP contribution in [0.25, 0.3) is 0 Å². The minimum atomic E-state index is -5.08. The molecular formula is C19H25F3N2O6. The summed E-state index contributed by atoms with van der Waals surface area (Å²) in [5.41, 5.74) is -0.454. The highest BCUT2D eigenvalue weighted by molar-refractivity contribution is 5.83. The Kier molecular flexibility index (Phi) is 6.73. The zero-order valence-corrected chi connectivity index (χ0v) is 16.6. The van der Waals surface area contributed by atoms with E-state index < -0.39 is 17.6 Å². The van der Waals surface area contributed by atoms with Crippen molar-refractivity contribution in [2.45, 2.75) is 45.0 Å². The molecule has 8 nitrogen and oxygen atoms in total. The van der Waals surface area contributed by atoms with Crippen molar-refractivity contribution >= 4 is 11.9 Å². The number of rotatable bonds is 3. The van der Waals surface area contributed by atoms with E-state index in [1.807, 2.05) is 19.1 Å². The van der Waals surface area contributed by atoms with Crippen LogP contribution in [-0.2, 0) is 25.7 Å². The van der Waals surface area contributed by atoms with Crippen molar-refractivity contribution in [3.8, 4) is 0 Å². The molecule has 1 N–H and O–H groups in total. The molecule has 0 unspecified atom stereocenters. The van der Waals surface area contributed by atoms with Gasteiger partial charge in [-0.1, -0.05) is 0 Å². The van der Waals surface area contributed by atoms with Gasteiger partial charge in [0.15, 0.2) is 0 Å². The lowest BCUT2D eigenvalue weighted by molar-refractivity contribution is -0.192. The van der Waals surface area contributed by atoms with Gasteiger partial charge in [-0.05, 0) is 38.3 Å². The molecule has 4 heterocycles. The van der Waals surface area contributed by atoms with Gasteiger partial charge in [0, 0.05) is 19.7 Å². The summed E-state index contributed by atoms with van der Waals surface area (Å²) in [6, 6.07) is 4.00. The van der Waals surface area contributed by atoms with E-state index in [0.29, 0.717) is 19.8 Å². The monoisotopic (exact) mass is 434 g/mol. The van der Waals surface area contributed by atoms with Gasteiger partial charge in [-0.3, -0.25) is 14.5 Å². The van der Waals surface area contributed by atoms with E-state index in [0.717, 1.165) is 50.4 Å². The van der Waals surface area contributed by atoms with Crippen LogP contribution in [0.3, 0.4) is 0 Å². The highest BCUT2D eigenvalue weighted by atomic mass is 19.4. The Morgan fingerprint density at radius 1 is 1.27 bits per heavy atom. The molecule has 0 aromatic carbocycles. The van der Waals surface area contributed by atoms with E-state index in [1.54, 1.807) is 5.06 Å². The maximum atomic E-state index is 13.1. The van der Waals surface area contributed by atoms with Crippen molar-refractivity contribution in [1.29, 1.82) is 0 Å². The standard InChI is InChI=1S/C17H24N2O4.C2HF3O2/c1-13-3-4-14(23-13)11-18-8-5-15-17(12-18,6-10-21-15)16(20)19-7-2-9-22-19;3-2(4,5)1(6)7/h3-4,15H,2,5-12H2,1H3;(H,6,7)/t15-,17-;/m1./s1. The number of aryl methyl sites for hydroxylation is 1. The minimum absolute atomic E-state index is 0.0220. The Balaban J connectivity index is 0.000000318. The van der Waals surface area contributed by atoms with Gasteiger partial charge in [0.05, 0.1) is 31.2 Å². The Morgan fingerprint density at radius 3 is 2.57 bits per heavy atom. The maximum absolute atomic E-state index is 13.1. The number of nitrogens with zero attached hydrogens (tertiary/aromatic N) is 2. The number of carboxylic acid groups (broad SMARTS) is 1. The summed E-state index contributed by atoms with van der Waals surface area (Å²) in [5.74, 6) is -0.763. The van der Waals surface area contributed by atoms with E-state index in [4.69, 9.17) is 23.9 Å². The third-order valence-corrected chi connectivity index (χ3v) is 5.52. The Labute approximate surface area is 171 Å². The number of halogens is 3. The summed E-state index contributed by atoms with van der Waals surface area (Å²) in [7, 11) is 0. The van der Waals surface area contributed by atoms with E-state index in [1.165, 1.54) is 0 Å². The molecule has 1 aromatic heterocycles. The molecular weight excluding hydrogens is 409 g/mol. The van der Waals surface area contributed by atoms with Crippen LogP contribution in [0.4, 0.5) is 13.2 Å². The smallest absolute Gasteiger partial charge is 0.475 e. The highest BCUT2D eigenvalue weighted by Gasteiger charge is 2.55. The molecule has 1 amide bonds. The number of hydroxylamine groups is 2. The molecule has 0 aliphatic carbocycles. The van der Waals surface area contributed by atoms with Crippen molar-refractivity contribution < 1.29 is 41.9 Å². The van der Waals surface area contributed by atoms with Gasteiger partial charge in [0.1, 0.15) is 11.5 Å². The molecule has 3 aliphatic heterocycles. The minimum Gasteiger partial charge on any atom is -0.475 e. The summed E-state index contributed by atoms with van der Waals surface area (Å²) in [5, 5.41) is 8.70. The van der Waals surface area contributed by atoms with Gasteiger partial charge in [-0.2, -0.15) is 13.2 Å². The fourth-order valence-electron chi connectivity index (χ4n) is 4.12. The lowest BCUT2D eigenvalue weighted by atomic mass is 9.75. The van der Waals surface area contributed by atoms with Gasteiger partial charge in [-0.25, -0.2) is 9.86 Å². The zero-order valence-electron chi connectivity index (χ0n) is 16.6. The van der Waals surface area contributed by atoms with Crippen molar-refractivity contribution in [3.05, 3.63) is 23.7 Å². The average Bonchev–Trinajstić information content (AvgIpc) is 3.41. The molecule has 0 bridgehead atoms. The molecule has 0 saturated carbocycles. The van der Waals surface area contributed by atoms with Gasteiger partial charge >= 0.3 is 12.1 Å². The average molecular weight is 434 g/mol. The summed E-state index contributed by atoms with van der Waals surface area (Å²) < 4.78 is 43.3. The lowest BCUT2D eigenvalue weighted by Gasteiger charge is -2.43. The summed E-state index contributed by atoms with van der Waals surface area (Å²) in [6.45, 7) is 6.36. The molecule has 3 aliphatic rings. The fourth-order valence-corrected chi connectivity index (χ4v) is 4.12. The Hall–Kier alpha value is -2.11. The SMILES string of the molecule is Cc1ccc(CN2CC[C@H]3OCC[C@@]3(C(=O)N3CCCO3)C2)o1.O=C(O)C(F)(F)F. The number of likely N-dealkylation sites (tertiary alicyclic amines) is 1. The summed E-state index contributed by atoms with van der Waals surface area (Å²) in [6.07, 6.45) is -2.47. The van der Waals surface area contributed by atoms with Crippen molar-refractivity contribution in [1.82, 2.24) is 9.96 Å². The van der Waals surface area contributed by atoms with Crippen LogP contribution in [0, 0.1) is 12.3 Å². The number of carbonyl (C=O) groups is 2. The second kappa shape index (κ2) is 8.94. The van der Waals surface area contributed by atoms with Crippen LogP contribution >= 0.6 is 0 Å². The van der Waals surface area contributed by atoms with Crippen LogP contribution < -0.4 is 0 Å². The molecule has 168 valence electrons. The van der Waals surface area contributed by atoms with Crippen LogP contribution in [0.15, 0.2) is 16.5 Å². The van der Waals surface area contributed by atoms with Gasteiger partial charge in [-0.15, -0.1) is 0 Å². The predicted octanol–water partition coefficient (Wildman–Crippen LogP) is 2.37. The quantitative estimate of drug-likeness (QED) is 0.781.